The van der Waals surface area contributed by atoms with Crippen LogP contribution in [0, 0.1) is 5.41 Å². The maximum Gasteiger partial charge on any atom is 0.321 e. The van der Waals surface area contributed by atoms with Gasteiger partial charge in [-0.15, -0.1) is 10.2 Å². The minimum atomic E-state index is -0.140. The van der Waals surface area contributed by atoms with Crippen LogP contribution in [0.3, 0.4) is 0 Å². The van der Waals surface area contributed by atoms with Crippen molar-refractivity contribution in [2.45, 2.75) is 46.0 Å². The lowest BCUT2D eigenvalue weighted by molar-refractivity contribution is 0.186. The summed E-state index contributed by atoms with van der Waals surface area (Å²) in [6, 6.07) is 7.25. The van der Waals surface area contributed by atoms with Crippen LogP contribution in [0.15, 0.2) is 28.7 Å². The molecule has 2 heterocycles. The summed E-state index contributed by atoms with van der Waals surface area (Å²) in [6.07, 6.45) is 2.58. The number of nitrogens with zero attached hydrogens (tertiary/aromatic N) is 3. The molecule has 0 bridgehead atoms. The van der Waals surface area contributed by atoms with Gasteiger partial charge in [-0.1, -0.05) is 32.9 Å². The number of hydrogen-bond donors (Lipinski definition) is 1. The Morgan fingerprint density at radius 2 is 2.11 bits per heavy atom. The quantitative estimate of drug-likeness (QED) is 0.875. The SMILES string of the molecule is COc1ccccc1NC(=O)N1CCCC(c2nnc(CC(C)(C)C)o2)C1. The zero-order valence-electron chi connectivity index (χ0n) is 16.5. The monoisotopic (exact) mass is 372 g/mol. The van der Waals surface area contributed by atoms with Gasteiger partial charge in [0.05, 0.1) is 18.7 Å². The number of hydrogen-bond acceptors (Lipinski definition) is 5. The molecule has 27 heavy (non-hydrogen) atoms. The van der Waals surface area contributed by atoms with Gasteiger partial charge in [0.25, 0.3) is 0 Å². The number of amides is 2. The molecule has 1 atom stereocenters. The second-order valence-electron chi connectivity index (χ2n) is 8.19. The molecule has 1 N–H and O–H groups in total. The number of benzene rings is 1. The zero-order chi connectivity index (χ0) is 19.4. The standard InChI is InChI=1S/C20H28N4O3/c1-20(2,3)12-17-22-23-18(27-17)14-8-7-11-24(13-14)19(25)21-15-9-5-6-10-16(15)26-4/h5-6,9-10,14H,7-8,11-13H2,1-4H3,(H,21,25). The molecule has 0 radical (unpaired) electrons. The molecule has 1 aliphatic heterocycles. The summed E-state index contributed by atoms with van der Waals surface area (Å²) in [6.45, 7) is 7.70. The van der Waals surface area contributed by atoms with Crippen molar-refractivity contribution in [3.05, 3.63) is 36.0 Å². The van der Waals surface area contributed by atoms with Crippen LogP contribution in [0.25, 0.3) is 0 Å². The van der Waals surface area contributed by atoms with E-state index < -0.39 is 0 Å². The van der Waals surface area contributed by atoms with Crippen LogP contribution in [0.4, 0.5) is 10.5 Å². The number of methoxy groups -OCH3 is 1. The van der Waals surface area contributed by atoms with Gasteiger partial charge in [0.1, 0.15) is 5.75 Å². The lowest BCUT2D eigenvalue weighted by Gasteiger charge is -2.31. The van der Waals surface area contributed by atoms with E-state index in [2.05, 4.69) is 36.3 Å². The Morgan fingerprint density at radius 1 is 1.33 bits per heavy atom. The zero-order valence-corrected chi connectivity index (χ0v) is 16.5. The van der Waals surface area contributed by atoms with Crippen LogP contribution < -0.4 is 10.1 Å². The van der Waals surface area contributed by atoms with E-state index in [-0.39, 0.29) is 17.4 Å². The Bertz CT molecular complexity index is 782. The highest BCUT2D eigenvalue weighted by Gasteiger charge is 2.29. The van der Waals surface area contributed by atoms with Crippen LogP contribution in [-0.4, -0.2) is 41.3 Å². The highest BCUT2D eigenvalue weighted by atomic mass is 16.5. The molecule has 0 spiro atoms. The topological polar surface area (TPSA) is 80.5 Å². The van der Waals surface area contributed by atoms with Crippen molar-refractivity contribution in [1.82, 2.24) is 15.1 Å². The predicted molar refractivity (Wildman–Crippen MR) is 103 cm³/mol. The summed E-state index contributed by atoms with van der Waals surface area (Å²) in [4.78, 5) is 14.5. The Balaban J connectivity index is 1.64. The summed E-state index contributed by atoms with van der Waals surface area (Å²) >= 11 is 0. The minimum Gasteiger partial charge on any atom is -0.495 e. The molecule has 0 aliphatic carbocycles. The maximum absolute atomic E-state index is 12.7. The number of urea groups is 1. The molecule has 1 aromatic heterocycles. The molecular formula is C20H28N4O3. The van der Waals surface area contributed by atoms with Gasteiger partial charge in [0.2, 0.25) is 11.8 Å². The Labute approximate surface area is 160 Å². The number of likely N-dealkylation sites (tertiary alicyclic amines) is 1. The van der Waals surface area contributed by atoms with Crippen molar-refractivity contribution in [3.8, 4) is 5.75 Å². The van der Waals surface area contributed by atoms with E-state index in [0.29, 0.717) is 36.3 Å². The van der Waals surface area contributed by atoms with Crippen LogP contribution in [0.1, 0.15) is 51.3 Å². The summed E-state index contributed by atoms with van der Waals surface area (Å²) < 4.78 is 11.2. The lowest BCUT2D eigenvalue weighted by atomic mass is 9.92. The van der Waals surface area contributed by atoms with Gasteiger partial charge in [-0.3, -0.25) is 0 Å². The first kappa shape index (κ1) is 19.2. The van der Waals surface area contributed by atoms with Crippen LogP contribution in [-0.2, 0) is 6.42 Å². The van der Waals surface area contributed by atoms with Crippen molar-refractivity contribution in [2.75, 3.05) is 25.5 Å². The first-order valence-electron chi connectivity index (χ1n) is 9.37. The second kappa shape index (κ2) is 7.98. The third-order valence-electron chi connectivity index (χ3n) is 4.57. The van der Waals surface area contributed by atoms with Crippen molar-refractivity contribution in [1.29, 1.82) is 0 Å². The van der Waals surface area contributed by atoms with E-state index >= 15 is 0 Å². The molecule has 2 amide bonds. The second-order valence-corrected chi connectivity index (χ2v) is 8.19. The van der Waals surface area contributed by atoms with Gasteiger partial charge in [-0.25, -0.2) is 4.79 Å². The Kier molecular flexibility index (Phi) is 5.68. The molecule has 1 unspecified atom stereocenters. The Morgan fingerprint density at radius 3 is 2.85 bits per heavy atom. The Hall–Kier alpha value is -2.57. The third kappa shape index (κ3) is 4.99. The summed E-state index contributed by atoms with van der Waals surface area (Å²) in [5.41, 5.74) is 0.759. The maximum atomic E-state index is 12.7. The highest BCUT2D eigenvalue weighted by molar-refractivity contribution is 5.91. The van der Waals surface area contributed by atoms with Crippen molar-refractivity contribution in [3.63, 3.8) is 0 Å². The van der Waals surface area contributed by atoms with Gasteiger partial charge in [0.15, 0.2) is 0 Å². The molecule has 1 fully saturated rings. The van der Waals surface area contributed by atoms with E-state index in [4.69, 9.17) is 9.15 Å². The first-order chi connectivity index (χ1) is 12.9. The lowest BCUT2D eigenvalue weighted by Crippen LogP contribution is -2.41. The smallest absolute Gasteiger partial charge is 0.321 e. The summed E-state index contributed by atoms with van der Waals surface area (Å²) in [5, 5.41) is 11.4. The van der Waals surface area contributed by atoms with Gasteiger partial charge in [-0.2, -0.15) is 0 Å². The van der Waals surface area contributed by atoms with Crippen molar-refractivity contribution < 1.29 is 13.9 Å². The number of ether oxygens (including phenoxy) is 1. The molecule has 1 aromatic carbocycles. The van der Waals surface area contributed by atoms with Gasteiger partial charge < -0.3 is 19.4 Å². The molecular weight excluding hydrogens is 344 g/mol. The molecule has 3 rings (SSSR count). The van der Waals surface area contributed by atoms with E-state index in [1.54, 1.807) is 12.0 Å². The number of aromatic nitrogens is 2. The van der Waals surface area contributed by atoms with Crippen molar-refractivity contribution >= 4 is 11.7 Å². The van der Waals surface area contributed by atoms with Crippen LogP contribution in [0.2, 0.25) is 0 Å². The normalized spacial score (nSPS) is 17.6. The van der Waals surface area contributed by atoms with Gasteiger partial charge >= 0.3 is 6.03 Å². The van der Waals surface area contributed by atoms with E-state index in [0.717, 1.165) is 19.3 Å². The number of carbonyl (C=O) groups excluding carboxylic acids is 1. The van der Waals surface area contributed by atoms with Crippen molar-refractivity contribution in [2.24, 2.45) is 5.41 Å². The number of para-hydroxylation sites is 2. The average molecular weight is 372 g/mol. The predicted octanol–water partition coefficient (Wildman–Crippen LogP) is 4.08. The molecule has 146 valence electrons. The molecule has 2 aromatic rings. The number of rotatable bonds is 4. The molecule has 7 nitrogen and oxygen atoms in total. The van der Waals surface area contributed by atoms with E-state index in [1.807, 2.05) is 24.3 Å². The molecule has 1 saturated heterocycles. The van der Waals surface area contributed by atoms with Crippen LogP contribution in [0.5, 0.6) is 5.75 Å². The van der Waals surface area contributed by atoms with Gasteiger partial charge in [-0.05, 0) is 30.4 Å². The third-order valence-corrected chi connectivity index (χ3v) is 4.57. The highest BCUT2D eigenvalue weighted by Crippen LogP contribution is 2.29. The number of piperidine rings is 1. The fourth-order valence-electron chi connectivity index (χ4n) is 3.26. The minimum absolute atomic E-state index is 0.0726. The van der Waals surface area contributed by atoms with E-state index in [1.165, 1.54) is 0 Å². The van der Waals surface area contributed by atoms with Crippen LogP contribution >= 0.6 is 0 Å². The van der Waals surface area contributed by atoms with E-state index in [9.17, 15) is 4.79 Å². The molecule has 1 aliphatic rings. The summed E-state index contributed by atoms with van der Waals surface area (Å²) in [5.74, 6) is 2.00. The largest absolute Gasteiger partial charge is 0.495 e. The molecule has 0 saturated carbocycles. The number of nitrogens with one attached hydrogen (secondary N) is 1. The number of anilines is 1. The fourth-order valence-corrected chi connectivity index (χ4v) is 3.26. The fraction of sp³-hybridized carbons (Fsp3) is 0.550. The first-order valence-corrected chi connectivity index (χ1v) is 9.37. The van der Waals surface area contributed by atoms with Gasteiger partial charge in [0, 0.05) is 19.5 Å². The summed E-state index contributed by atoms with van der Waals surface area (Å²) in [7, 11) is 1.59. The molecule has 7 heteroatoms. The number of carbonyl (C=O) groups is 1. The average Bonchev–Trinajstić information content (AvgIpc) is 3.09.